The summed E-state index contributed by atoms with van der Waals surface area (Å²) in [7, 11) is 0. The lowest BCUT2D eigenvalue weighted by molar-refractivity contribution is 0.198. The molecule has 3 rings (SSSR count). The van der Waals surface area contributed by atoms with E-state index in [2.05, 4.69) is 23.2 Å². The van der Waals surface area contributed by atoms with Crippen molar-refractivity contribution in [3.05, 3.63) is 36.5 Å². The van der Waals surface area contributed by atoms with Gasteiger partial charge in [0.05, 0.1) is 0 Å². The smallest absolute Gasteiger partial charge is 0.0466 e. The first-order valence-electron chi connectivity index (χ1n) is 5.07. The minimum atomic E-state index is 1.00. The second-order valence-electron chi connectivity index (χ2n) is 3.38. The van der Waals surface area contributed by atoms with Gasteiger partial charge in [-0.3, -0.25) is 0 Å². The van der Waals surface area contributed by atoms with E-state index in [1.807, 2.05) is 18.3 Å². The fourth-order valence-electron chi connectivity index (χ4n) is 1.51. The van der Waals surface area contributed by atoms with Gasteiger partial charge in [-0.15, -0.1) is 0 Å². The van der Waals surface area contributed by atoms with Crippen LogP contribution in [-0.2, 0) is 4.74 Å². The molecular formula is C12H15NO. The number of H-pyrrole nitrogens is 1. The van der Waals surface area contributed by atoms with Crippen molar-refractivity contribution in [2.75, 3.05) is 13.2 Å². The number of hydrogen-bond donors (Lipinski definition) is 1. The minimum absolute atomic E-state index is 1.00. The van der Waals surface area contributed by atoms with E-state index in [0.717, 1.165) is 13.2 Å². The van der Waals surface area contributed by atoms with Gasteiger partial charge in [0.1, 0.15) is 0 Å². The zero-order valence-corrected chi connectivity index (χ0v) is 8.20. The van der Waals surface area contributed by atoms with Crippen LogP contribution in [-0.4, -0.2) is 18.2 Å². The predicted molar refractivity (Wildman–Crippen MR) is 58.4 cm³/mol. The molecule has 1 saturated heterocycles. The van der Waals surface area contributed by atoms with Crippen LogP contribution in [0.15, 0.2) is 36.5 Å². The molecule has 1 fully saturated rings. The largest absolute Gasteiger partial charge is 0.381 e. The third-order valence-electron chi connectivity index (χ3n) is 2.29. The molecule has 0 radical (unpaired) electrons. The standard InChI is InChI=1S/C8H7N.C4H8O/c1-2-4-8-7(3-1)5-6-9-8;1-2-4-5-3-1/h1-6,9H;1-4H2. The molecule has 74 valence electrons. The van der Waals surface area contributed by atoms with Gasteiger partial charge in [0, 0.05) is 24.9 Å². The maximum absolute atomic E-state index is 4.94. The highest BCUT2D eigenvalue weighted by Gasteiger charge is 1.94. The van der Waals surface area contributed by atoms with Crippen molar-refractivity contribution in [1.29, 1.82) is 0 Å². The van der Waals surface area contributed by atoms with Crippen LogP contribution in [0, 0.1) is 0 Å². The van der Waals surface area contributed by atoms with E-state index in [1.54, 1.807) is 0 Å². The monoisotopic (exact) mass is 189 g/mol. The molecule has 0 spiro atoms. The lowest BCUT2D eigenvalue weighted by Gasteiger charge is -1.83. The molecule has 2 nitrogen and oxygen atoms in total. The van der Waals surface area contributed by atoms with Crippen molar-refractivity contribution in [2.45, 2.75) is 12.8 Å². The first-order valence-corrected chi connectivity index (χ1v) is 5.07. The van der Waals surface area contributed by atoms with E-state index in [-0.39, 0.29) is 0 Å². The Morgan fingerprint density at radius 3 is 2.43 bits per heavy atom. The van der Waals surface area contributed by atoms with Crippen LogP contribution in [0.4, 0.5) is 0 Å². The van der Waals surface area contributed by atoms with Crippen molar-refractivity contribution in [3.8, 4) is 0 Å². The summed E-state index contributed by atoms with van der Waals surface area (Å²) in [5, 5.41) is 1.28. The highest BCUT2D eigenvalue weighted by molar-refractivity contribution is 5.78. The minimum Gasteiger partial charge on any atom is -0.381 e. The van der Waals surface area contributed by atoms with Gasteiger partial charge >= 0.3 is 0 Å². The first kappa shape index (κ1) is 9.28. The van der Waals surface area contributed by atoms with Gasteiger partial charge in [-0.1, -0.05) is 18.2 Å². The number of nitrogens with one attached hydrogen (secondary N) is 1. The molecule has 1 aliphatic heterocycles. The molecule has 0 atom stereocenters. The van der Waals surface area contributed by atoms with Crippen molar-refractivity contribution in [1.82, 2.24) is 4.98 Å². The third kappa shape index (κ3) is 2.36. The highest BCUT2D eigenvalue weighted by Crippen LogP contribution is 2.09. The lowest BCUT2D eigenvalue weighted by Crippen LogP contribution is -1.74. The van der Waals surface area contributed by atoms with Crippen LogP contribution in [0.3, 0.4) is 0 Å². The molecule has 1 aromatic heterocycles. The maximum atomic E-state index is 4.94. The number of para-hydroxylation sites is 1. The molecule has 2 heteroatoms. The van der Waals surface area contributed by atoms with E-state index in [9.17, 15) is 0 Å². The first-order chi connectivity index (χ1) is 6.97. The molecule has 0 saturated carbocycles. The van der Waals surface area contributed by atoms with Crippen LogP contribution in [0.1, 0.15) is 12.8 Å². The summed E-state index contributed by atoms with van der Waals surface area (Å²) in [6.45, 7) is 2.00. The van der Waals surface area contributed by atoms with Gasteiger partial charge in [0.2, 0.25) is 0 Å². The third-order valence-corrected chi connectivity index (χ3v) is 2.29. The van der Waals surface area contributed by atoms with Crippen LogP contribution in [0.2, 0.25) is 0 Å². The molecule has 0 amide bonds. The van der Waals surface area contributed by atoms with Crippen LogP contribution in [0.5, 0.6) is 0 Å². The fraction of sp³-hybridized carbons (Fsp3) is 0.333. The van der Waals surface area contributed by atoms with E-state index in [1.165, 1.54) is 23.7 Å². The topological polar surface area (TPSA) is 25.0 Å². The second-order valence-corrected chi connectivity index (χ2v) is 3.38. The highest BCUT2D eigenvalue weighted by atomic mass is 16.5. The number of aromatic amines is 1. The quantitative estimate of drug-likeness (QED) is 0.677. The van der Waals surface area contributed by atoms with Gasteiger partial charge in [-0.05, 0) is 30.4 Å². The number of fused-ring (bicyclic) bond motifs is 1. The number of ether oxygens (including phenoxy) is 1. The van der Waals surface area contributed by atoms with Gasteiger partial charge in [0.25, 0.3) is 0 Å². The Bertz CT molecular complexity index is 339. The Morgan fingerprint density at radius 2 is 1.79 bits per heavy atom. The van der Waals surface area contributed by atoms with Crippen molar-refractivity contribution in [3.63, 3.8) is 0 Å². The van der Waals surface area contributed by atoms with Crippen LogP contribution >= 0.6 is 0 Å². The average Bonchev–Trinajstić information content (AvgIpc) is 2.92. The van der Waals surface area contributed by atoms with Crippen LogP contribution in [0.25, 0.3) is 10.9 Å². The number of rotatable bonds is 0. The molecule has 0 bridgehead atoms. The molecule has 2 aromatic rings. The molecule has 0 unspecified atom stereocenters. The van der Waals surface area contributed by atoms with Gasteiger partial charge in [-0.2, -0.15) is 0 Å². The Balaban J connectivity index is 0.000000128. The fourth-order valence-corrected chi connectivity index (χ4v) is 1.51. The van der Waals surface area contributed by atoms with E-state index in [0.29, 0.717) is 0 Å². The number of aromatic nitrogens is 1. The van der Waals surface area contributed by atoms with Crippen LogP contribution < -0.4 is 0 Å². The second kappa shape index (κ2) is 4.82. The SMILES string of the molecule is C1CCOC1.c1ccc2[nH]ccc2c1. The lowest BCUT2D eigenvalue weighted by atomic mass is 10.3. The molecule has 1 N–H and O–H groups in total. The molecular weight excluding hydrogens is 174 g/mol. The zero-order chi connectivity index (χ0) is 9.64. The Hall–Kier alpha value is -1.28. The predicted octanol–water partition coefficient (Wildman–Crippen LogP) is 2.96. The average molecular weight is 189 g/mol. The summed E-state index contributed by atoms with van der Waals surface area (Å²) < 4.78 is 4.94. The molecule has 1 aromatic carbocycles. The summed E-state index contributed by atoms with van der Waals surface area (Å²) in [6, 6.07) is 10.3. The normalized spacial score (nSPS) is 15.1. The van der Waals surface area contributed by atoms with E-state index in [4.69, 9.17) is 4.74 Å². The van der Waals surface area contributed by atoms with Crippen molar-refractivity contribution >= 4 is 10.9 Å². The Labute approximate surface area is 83.9 Å². The molecule has 14 heavy (non-hydrogen) atoms. The van der Waals surface area contributed by atoms with Crippen molar-refractivity contribution < 1.29 is 4.74 Å². The van der Waals surface area contributed by atoms with Gasteiger partial charge < -0.3 is 9.72 Å². The molecule has 2 heterocycles. The summed E-state index contributed by atoms with van der Waals surface area (Å²) in [5.41, 5.74) is 1.21. The summed E-state index contributed by atoms with van der Waals surface area (Å²) in [6.07, 6.45) is 4.50. The summed E-state index contributed by atoms with van der Waals surface area (Å²) >= 11 is 0. The Morgan fingerprint density at radius 1 is 1.00 bits per heavy atom. The number of benzene rings is 1. The van der Waals surface area contributed by atoms with Gasteiger partial charge in [0.15, 0.2) is 0 Å². The maximum Gasteiger partial charge on any atom is 0.0466 e. The van der Waals surface area contributed by atoms with Crippen molar-refractivity contribution in [2.24, 2.45) is 0 Å². The van der Waals surface area contributed by atoms with E-state index >= 15 is 0 Å². The summed E-state index contributed by atoms with van der Waals surface area (Å²) in [5.74, 6) is 0. The van der Waals surface area contributed by atoms with Gasteiger partial charge in [-0.25, -0.2) is 0 Å². The number of hydrogen-bond acceptors (Lipinski definition) is 1. The zero-order valence-electron chi connectivity index (χ0n) is 8.20. The molecule has 0 aliphatic carbocycles. The Kier molecular flexibility index (Phi) is 3.19. The van der Waals surface area contributed by atoms with E-state index < -0.39 is 0 Å². The summed E-state index contributed by atoms with van der Waals surface area (Å²) in [4.78, 5) is 3.12. The molecule has 1 aliphatic rings.